The van der Waals surface area contributed by atoms with Crippen molar-refractivity contribution < 1.29 is 32.3 Å². The number of nitrogens with one attached hydrogen (secondary N) is 1. The van der Waals surface area contributed by atoms with E-state index < -0.39 is 5.97 Å². The molecule has 8 heteroatoms. The summed E-state index contributed by atoms with van der Waals surface area (Å²) in [5.41, 5.74) is 3.10. The summed E-state index contributed by atoms with van der Waals surface area (Å²) < 4.78 is 0.422. The van der Waals surface area contributed by atoms with Gasteiger partial charge in [0.25, 0.3) is 0 Å². The number of carboxylic acids is 1. The van der Waals surface area contributed by atoms with Crippen LogP contribution in [-0.2, 0) is 6.54 Å². The summed E-state index contributed by atoms with van der Waals surface area (Å²) in [7, 11) is 0. The topological polar surface area (TPSA) is 78.1 Å². The zero-order valence-electron chi connectivity index (χ0n) is 19.6. The van der Waals surface area contributed by atoms with Crippen molar-refractivity contribution >= 4 is 32.8 Å². The number of aromatic nitrogens is 1. The Morgan fingerprint density at radius 3 is 2.40 bits per heavy atom. The molecule has 3 N–H and O–H groups in total. The van der Waals surface area contributed by atoms with Crippen molar-refractivity contribution in [2.45, 2.75) is 44.7 Å². The van der Waals surface area contributed by atoms with E-state index in [9.17, 15) is 15.0 Å². The van der Waals surface area contributed by atoms with E-state index in [2.05, 4.69) is 20.8 Å². The number of fused-ring (bicyclic) bond motifs is 1. The van der Waals surface area contributed by atoms with Gasteiger partial charge in [-0.25, -0.2) is 9.78 Å². The predicted octanol–water partition coefficient (Wildman–Crippen LogP) is 1.11. The van der Waals surface area contributed by atoms with E-state index in [0.29, 0.717) is 33.7 Å². The second kappa shape index (κ2) is 11.2. The van der Waals surface area contributed by atoms with Gasteiger partial charge in [0.15, 0.2) is 0 Å². The highest BCUT2D eigenvalue weighted by Gasteiger charge is 2.31. The molecule has 2 saturated heterocycles. The Morgan fingerprint density at radius 1 is 1.06 bits per heavy atom. The number of aromatic hydroxyl groups is 1. The van der Waals surface area contributed by atoms with Crippen molar-refractivity contribution in [3.05, 3.63) is 58.1 Å². The first-order valence-electron chi connectivity index (χ1n) is 12.2. The van der Waals surface area contributed by atoms with Crippen LogP contribution in [-0.4, -0.2) is 58.3 Å². The minimum Gasteiger partial charge on any atom is -1.00 e. The molecule has 0 saturated carbocycles. The van der Waals surface area contributed by atoms with Gasteiger partial charge in [-0.1, -0.05) is 36.8 Å². The van der Waals surface area contributed by atoms with Crippen LogP contribution in [0.2, 0.25) is 0 Å². The lowest BCUT2D eigenvalue weighted by Gasteiger charge is -2.38. The summed E-state index contributed by atoms with van der Waals surface area (Å²) in [6, 6.07) is 13.6. The molecule has 6 nitrogen and oxygen atoms in total. The van der Waals surface area contributed by atoms with E-state index in [1.807, 2.05) is 30.3 Å². The normalized spacial score (nSPS) is 20.9. The highest BCUT2D eigenvalue weighted by atomic mass is 79.9. The molecule has 2 aliphatic heterocycles. The smallest absolute Gasteiger partial charge is 0.336 e. The molecule has 0 bridgehead atoms. The quantitative estimate of drug-likeness (QED) is 0.436. The molecular formula is C27H31BrClN3O3. The molecule has 3 aromatic rings. The number of nitrogens with zero attached hydrogens (tertiary/aromatic N) is 2. The molecule has 0 unspecified atom stereocenters. The Balaban J connectivity index is 0.00000289. The van der Waals surface area contributed by atoms with Gasteiger partial charge in [0.05, 0.1) is 34.3 Å². The molecule has 3 heterocycles. The van der Waals surface area contributed by atoms with E-state index >= 15 is 0 Å². The number of likely N-dealkylation sites (tertiary alicyclic amines) is 2. The number of rotatable bonds is 5. The zero-order chi connectivity index (χ0) is 23.7. The van der Waals surface area contributed by atoms with Gasteiger partial charge in [0.2, 0.25) is 0 Å². The predicted molar refractivity (Wildman–Crippen MR) is 136 cm³/mol. The summed E-state index contributed by atoms with van der Waals surface area (Å²) >= 11 is 3.42. The van der Waals surface area contributed by atoms with Crippen LogP contribution in [0, 0.1) is 0 Å². The van der Waals surface area contributed by atoms with E-state index in [4.69, 9.17) is 4.98 Å². The molecule has 2 fully saturated rings. The summed E-state index contributed by atoms with van der Waals surface area (Å²) in [6.07, 6.45) is 6.27. The first-order valence-corrected chi connectivity index (χ1v) is 13.0. The molecule has 1 aromatic heterocycles. The van der Waals surface area contributed by atoms with E-state index in [0.717, 1.165) is 37.1 Å². The fraction of sp³-hybridized carbons (Fsp3) is 0.407. The van der Waals surface area contributed by atoms with Crippen molar-refractivity contribution in [2.24, 2.45) is 0 Å². The number of pyridine rings is 1. The number of halogens is 2. The Hall–Kier alpha value is -2.19. The van der Waals surface area contributed by atoms with Crippen LogP contribution in [0.1, 0.15) is 48.0 Å². The number of aromatic carboxylic acids is 1. The highest BCUT2D eigenvalue weighted by molar-refractivity contribution is 9.10. The van der Waals surface area contributed by atoms with Crippen molar-refractivity contribution in [3.63, 3.8) is 0 Å². The van der Waals surface area contributed by atoms with Gasteiger partial charge < -0.3 is 27.5 Å². The number of quaternary nitrogens is 1. The fourth-order valence-electron chi connectivity index (χ4n) is 5.66. The highest BCUT2D eigenvalue weighted by Crippen LogP contribution is 2.37. The first-order chi connectivity index (χ1) is 16.5. The largest absolute Gasteiger partial charge is 1.00 e. The molecule has 0 aliphatic carbocycles. The average molecular weight is 561 g/mol. The van der Waals surface area contributed by atoms with Gasteiger partial charge in [-0.2, -0.15) is 0 Å². The molecule has 35 heavy (non-hydrogen) atoms. The number of piperidine rings is 2. The van der Waals surface area contributed by atoms with Crippen molar-refractivity contribution in [2.75, 3.05) is 26.2 Å². The average Bonchev–Trinajstić information content (AvgIpc) is 2.87. The SMILES string of the molecule is O=C(O)c1c(C[NH+]2CCC(N3CCCCC3)CC2)c(-c2ccccc2)nc2c(Br)c(O)ccc12.[Cl-]. The lowest BCUT2D eigenvalue weighted by molar-refractivity contribution is -0.919. The number of benzene rings is 2. The maximum absolute atomic E-state index is 12.6. The van der Waals surface area contributed by atoms with Crippen molar-refractivity contribution in [1.29, 1.82) is 0 Å². The molecular weight excluding hydrogens is 530 g/mol. The standard InChI is InChI=1S/C27H30BrN3O3.ClH/c28-24-22(32)10-9-20-23(27(33)34)21(25(29-26(20)24)18-7-3-1-4-8-18)17-30-15-11-19(12-16-30)31-13-5-2-6-14-31;/h1,3-4,7-10,19,32H,2,5-6,11-17H2,(H,33,34);1H. The van der Waals surface area contributed by atoms with Crippen LogP contribution in [0.3, 0.4) is 0 Å². The Labute approximate surface area is 220 Å². The third-order valence-electron chi connectivity index (χ3n) is 7.43. The number of carboxylic acid groups (broad SMARTS) is 1. The molecule has 2 aromatic carbocycles. The second-order valence-electron chi connectivity index (χ2n) is 9.53. The van der Waals surface area contributed by atoms with Gasteiger partial charge in [0, 0.05) is 35.4 Å². The Bertz CT molecular complexity index is 1190. The minimum absolute atomic E-state index is 0. The third-order valence-corrected chi connectivity index (χ3v) is 8.22. The maximum Gasteiger partial charge on any atom is 0.336 e. The van der Waals surface area contributed by atoms with E-state index in [-0.39, 0.29) is 23.7 Å². The molecule has 2 aliphatic rings. The molecule has 5 rings (SSSR count). The summed E-state index contributed by atoms with van der Waals surface area (Å²) in [5.74, 6) is -0.909. The zero-order valence-corrected chi connectivity index (χ0v) is 22.0. The summed E-state index contributed by atoms with van der Waals surface area (Å²) in [6.45, 7) is 5.13. The van der Waals surface area contributed by atoms with Crippen LogP contribution in [0.25, 0.3) is 22.2 Å². The molecule has 0 atom stereocenters. The maximum atomic E-state index is 12.6. The van der Waals surface area contributed by atoms with E-state index in [1.54, 1.807) is 6.07 Å². The number of phenols is 1. The van der Waals surface area contributed by atoms with Crippen LogP contribution in [0.5, 0.6) is 5.75 Å². The van der Waals surface area contributed by atoms with Crippen molar-refractivity contribution in [1.82, 2.24) is 9.88 Å². The van der Waals surface area contributed by atoms with Crippen molar-refractivity contribution in [3.8, 4) is 17.0 Å². The number of carbonyl (C=O) groups is 1. The third kappa shape index (κ3) is 5.33. The summed E-state index contributed by atoms with van der Waals surface area (Å²) in [5, 5.41) is 21.1. The van der Waals surface area contributed by atoms with Gasteiger partial charge in [-0.05, 0) is 54.0 Å². The van der Waals surface area contributed by atoms with Crippen LogP contribution < -0.4 is 17.3 Å². The molecule has 0 amide bonds. The molecule has 0 spiro atoms. The van der Waals surface area contributed by atoms with Gasteiger partial charge in [0.1, 0.15) is 12.3 Å². The Kier molecular flexibility index (Phi) is 8.32. The molecule has 0 radical (unpaired) electrons. The lowest BCUT2D eigenvalue weighted by Crippen LogP contribution is -3.12. The van der Waals surface area contributed by atoms with Crippen LogP contribution in [0.15, 0.2) is 46.9 Å². The summed E-state index contributed by atoms with van der Waals surface area (Å²) in [4.78, 5) is 21.6. The second-order valence-corrected chi connectivity index (χ2v) is 10.3. The van der Waals surface area contributed by atoms with Crippen LogP contribution >= 0.6 is 15.9 Å². The monoisotopic (exact) mass is 559 g/mol. The number of hydrogen-bond donors (Lipinski definition) is 3. The fourth-order valence-corrected chi connectivity index (χ4v) is 6.10. The van der Waals surface area contributed by atoms with Gasteiger partial charge in [-0.15, -0.1) is 0 Å². The number of hydrogen-bond acceptors (Lipinski definition) is 4. The minimum atomic E-state index is -0.959. The lowest BCUT2D eigenvalue weighted by atomic mass is 9.94. The number of phenolic OH excluding ortho intramolecular Hbond substituents is 1. The van der Waals surface area contributed by atoms with E-state index in [1.165, 1.54) is 43.3 Å². The first kappa shape index (κ1) is 25.9. The van der Waals surface area contributed by atoms with Gasteiger partial charge in [-0.3, -0.25) is 4.90 Å². The van der Waals surface area contributed by atoms with Crippen LogP contribution in [0.4, 0.5) is 0 Å². The molecule has 186 valence electrons. The Morgan fingerprint density at radius 2 is 1.74 bits per heavy atom. The van der Waals surface area contributed by atoms with Gasteiger partial charge >= 0.3 is 5.97 Å².